The molecule has 0 saturated heterocycles. The molecule has 0 atom stereocenters. The van der Waals surface area contributed by atoms with E-state index in [9.17, 15) is 10.1 Å². The number of aromatic amines is 1. The lowest BCUT2D eigenvalue weighted by Gasteiger charge is -2.19. The van der Waals surface area contributed by atoms with Crippen molar-refractivity contribution in [2.45, 2.75) is 45.6 Å². The average molecular weight is 417 g/mol. The number of pyridine rings is 1. The average Bonchev–Trinajstić information content (AvgIpc) is 3.10. The van der Waals surface area contributed by atoms with Gasteiger partial charge in [-0.1, -0.05) is 15.9 Å². The standard InChI is InChI=1S/C20H21BrN2O3/c1-3-25-18-9-15(14-8-12(2)23-20(24)16(14)11-22)17(21)10-19(18)26-13-6-4-5-7-13/h8-10,13H,3-7H2,1-2H3,(H,23,24). The minimum Gasteiger partial charge on any atom is -0.490 e. The van der Waals surface area contributed by atoms with Gasteiger partial charge in [-0.15, -0.1) is 0 Å². The molecule has 1 aromatic carbocycles. The van der Waals surface area contributed by atoms with Crippen LogP contribution < -0.4 is 15.0 Å². The van der Waals surface area contributed by atoms with Crippen LogP contribution in [0.4, 0.5) is 0 Å². The number of ether oxygens (including phenoxy) is 2. The number of aromatic nitrogens is 1. The SMILES string of the molecule is CCOc1cc(-c2cc(C)[nH]c(=O)c2C#N)c(Br)cc1OC1CCCC1. The van der Waals surface area contributed by atoms with Gasteiger partial charge in [-0.05, 0) is 57.7 Å². The molecule has 5 nitrogen and oxygen atoms in total. The highest BCUT2D eigenvalue weighted by Crippen LogP contribution is 2.41. The smallest absolute Gasteiger partial charge is 0.266 e. The Morgan fingerprint density at radius 1 is 1.23 bits per heavy atom. The molecule has 1 heterocycles. The van der Waals surface area contributed by atoms with Gasteiger partial charge in [0, 0.05) is 21.3 Å². The summed E-state index contributed by atoms with van der Waals surface area (Å²) in [6.45, 7) is 4.21. The van der Waals surface area contributed by atoms with Gasteiger partial charge in [-0.3, -0.25) is 4.79 Å². The van der Waals surface area contributed by atoms with E-state index in [1.165, 1.54) is 12.8 Å². The lowest BCUT2D eigenvalue weighted by atomic mass is 10.0. The maximum absolute atomic E-state index is 12.1. The molecule has 1 N–H and O–H groups in total. The quantitative estimate of drug-likeness (QED) is 0.765. The third-order valence-corrected chi connectivity index (χ3v) is 5.16. The topological polar surface area (TPSA) is 75.1 Å². The van der Waals surface area contributed by atoms with Crippen molar-refractivity contribution in [2.24, 2.45) is 0 Å². The molecule has 1 aliphatic carbocycles. The Morgan fingerprint density at radius 2 is 1.96 bits per heavy atom. The molecule has 2 aromatic rings. The molecule has 1 saturated carbocycles. The van der Waals surface area contributed by atoms with Gasteiger partial charge < -0.3 is 14.5 Å². The molecule has 136 valence electrons. The predicted octanol–water partition coefficient (Wildman–Crippen LogP) is 4.70. The van der Waals surface area contributed by atoms with Crippen molar-refractivity contribution in [1.29, 1.82) is 5.26 Å². The van der Waals surface area contributed by atoms with Crippen LogP contribution >= 0.6 is 15.9 Å². The second kappa shape index (κ2) is 7.96. The summed E-state index contributed by atoms with van der Waals surface area (Å²) >= 11 is 3.57. The molecule has 0 radical (unpaired) electrons. The third-order valence-electron chi connectivity index (χ3n) is 4.50. The first kappa shape index (κ1) is 18.5. The molecule has 0 spiro atoms. The van der Waals surface area contributed by atoms with E-state index < -0.39 is 5.56 Å². The molecular formula is C20H21BrN2O3. The molecule has 0 amide bonds. The summed E-state index contributed by atoms with van der Waals surface area (Å²) in [5, 5.41) is 9.42. The Kier molecular flexibility index (Phi) is 5.67. The van der Waals surface area contributed by atoms with Gasteiger partial charge in [0.1, 0.15) is 11.6 Å². The number of H-pyrrole nitrogens is 1. The molecular weight excluding hydrogens is 396 g/mol. The fraction of sp³-hybridized carbons (Fsp3) is 0.400. The summed E-state index contributed by atoms with van der Waals surface area (Å²) in [6.07, 6.45) is 4.69. The summed E-state index contributed by atoms with van der Waals surface area (Å²) in [4.78, 5) is 14.8. The van der Waals surface area contributed by atoms with Crippen LogP contribution in [0.2, 0.25) is 0 Å². The van der Waals surface area contributed by atoms with E-state index in [0.717, 1.165) is 22.9 Å². The van der Waals surface area contributed by atoms with Crippen LogP contribution in [-0.2, 0) is 0 Å². The highest BCUT2D eigenvalue weighted by atomic mass is 79.9. The fourth-order valence-electron chi connectivity index (χ4n) is 3.30. The van der Waals surface area contributed by atoms with Gasteiger partial charge >= 0.3 is 0 Å². The number of nitrogens with one attached hydrogen (secondary N) is 1. The lowest BCUT2D eigenvalue weighted by molar-refractivity contribution is 0.196. The fourth-order valence-corrected chi connectivity index (χ4v) is 3.84. The van der Waals surface area contributed by atoms with Gasteiger partial charge in [0.15, 0.2) is 11.5 Å². The van der Waals surface area contributed by atoms with Crippen molar-refractivity contribution in [1.82, 2.24) is 4.98 Å². The van der Waals surface area contributed by atoms with Crippen LogP contribution in [0.15, 0.2) is 27.5 Å². The van der Waals surface area contributed by atoms with Crippen molar-refractivity contribution in [3.63, 3.8) is 0 Å². The van der Waals surface area contributed by atoms with E-state index in [1.54, 1.807) is 13.0 Å². The van der Waals surface area contributed by atoms with E-state index in [2.05, 4.69) is 20.9 Å². The number of hydrogen-bond acceptors (Lipinski definition) is 4. The first-order valence-electron chi connectivity index (χ1n) is 8.80. The van der Waals surface area contributed by atoms with Crippen molar-refractivity contribution >= 4 is 15.9 Å². The van der Waals surface area contributed by atoms with Crippen LogP contribution in [0.3, 0.4) is 0 Å². The summed E-state index contributed by atoms with van der Waals surface area (Å²) in [5.74, 6) is 1.31. The molecule has 1 aromatic heterocycles. The monoisotopic (exact) mass is 416 g/mol. The summed E-state index contributed by atoms with van der Waals surface area (Å²) in [5.41, 5.74) is 1.70. The minimum absolute atomic E-state index is 0.0863. The van der Waals surface area contributed by atoms with Gasteiger partial charge in [0.05, 0.1) is 12.7 Å². The van der Waals surface area contributed by atoms with Crippen molar-refractivity contribution in [2.75, 3.05) is 6.61 Å². The van der Waals surface area contributed by atoms with Crippen molar-refractivity contribution in [3.8, 4) is 28.7 Å². The number of nitrogens with zero attached hydrogens (tertiary/aromatic N) is 1. The molecule has 3 rings (SSSR count). The Balaban J connectivity index is 2.10. The van der Waals surface area contributed by atoms with Crippen LogP contribution in [0.1, 0.15) is 43.9 Å². The Hall–Kier alpha value is -2.26. The summed E-state index contributed by atoms with van der Waals surface area (Å²) in [7, 11) is 0. The van der Waals surface area contributed by atoms with E-state index in [4.69, 9.17) is 9.47 Å². The van der Waals surface area contributed by atoms with Gasteiger partial charge in [-0.2, -0.15) is 5.26 Å². The number of halogens is 1. The zero-order valence-electron chi connectivity index (χ0n) is 14.9. The molecule has 1 aliphatic rings. The first-order chi connectivity index (χ1) is 12.5. The summed E-state index contributed by atoms with van der Waals surface area (Å²) in [6, 6.07) is 7.52. The highest BCUT2D eigenvalue weighted by molar-refractivity contribution is 9.10. The Bertz CT molecular complexity index is 908. The molecule has 6 heteroatoms. The van der Waals surface area contributed by atoms with E-state index in [1.807, 2.05) is 25.1 Å². The van der Waals surface area contributed by atoms with Gasteiger partial charge in [0.25, 0.3) is 5.56 Å². The van der Waals surface area contributed by atoms with E-state index >= 15 is 0 Å². The Labute approximate surface area is 161 Å². The first-order valence-corrected chi connectivity index (χ1v) is 9.60. The molecule has 0 aliphatic heterocycles. The predicted molar refractivity (Wildman–Crippen MR) is 104 cm³/mol. The second-order valence-electron chi connectivity index (χ2n) is 6.42. The third kappa shape index (κ3) is 3.78. The molecule has 0 unspecified atom stereocenters. The van der Waals surface area contributed by atoms with E-state index in [0.29, 0.717) is 29.4 Å². The largest absolute Gasteiger partial charge is 0.490 e. The second-order valence-corrected chi connectivity index (χ2v) is 7.27. The van der Waals surface area contributed by atoms with E-state index in [-0.39, 0.29) is 11.7 Å². The van der Waals surface area contributed by atoms with Crippen LogP contribution in [0, 0.1) is 18.3 Å². The number of benzene rings is 1. The molecule has 0 bridgehead atoms. The number of rotatable bonds is 5. The summed E-state index contributed by atoms with van der Waals surface area (Å²) < 4.78 is 12.7. The number of nitriles is 1. The van der Waals surface area contributed by atoms with Crippen LogP contribution in [-0.4, -0.2) is 17.7 Å². The van der Waals surface area contributed by atoms with Crippen molar-refractivity contribution in [3.05, 3.63) is 44.3 Å². The van der Waals surface area contributed by atoms with Crippen LogP contribution in [0.25, 0.3) is 11.1 Å². The lowest BCUT2D eigenvalue weighted by Crippen LogP contribution is -2.13. The minimum atomic E-state index is -0.390. The van der Waals surface area contributed by atoms with Crippen LogP contribution in [0.5, 0.6) is 11.5 Å². The molecule has 1 fully saturated rings. The zero-order chi connectivity index (χ0) is 18.7. The van der Waals surface area contributed by atoms with Gasteiger partial charge in [0.2, 0.25) is 0 Å². The number of aryl methyl sites for hydroxylation is 1. The van der Waals surface area contributed by atoms with Gasteiger partial charge in [-0.25, -0.2) is 0 Å². The Morgan fingerprint density at radius 3 is 2.62 bits per heavy atom. The normalized spacial score (nSPS) is 14.2. The van der Waals surface area contributed by atoms with Crippen molar-refractivity contribution < 1.29 is 9.47 Å². The number of hydrogen-bond donors (Lipinski definition) is 1. The molecule has 26 heavy (non-hydrogen) atoms. The maximum Gasteiger partial charge on any atom is 0.266 e. The maximum atomic E-state index is 12.1. The highest BCUT2D eigenvalue weighted by Gasteiger charge is 2.21. The zero-order valence-corrected chi connectivity index (χ0v) is 16.5.